The van der Waals surface area contributed by atoms with E-state index in [-0.39, 0.29) is 5.91 Å². The second-order valence-electron chi connectivity index (χ2n) is 5.23. The molecule has 0 bridgehead atoms. The van der Waals surface area contributed by atoms with Gasteiger partial charge in [0.25, 0.3) is 5.91 Å². The summed E-state index contributed by atoms with van der Waals surface area (Å²) in [5.74, 6) is 0.699. The minimum atomic E-state index is -0.358. The lowest BCUT2D eigenvalue weighted by Gasteiger charge is -2.07. The fourth-order valence-electron chi connectivity index (χ4n) is 2.53. The van der Waals surface area contributed by atoms with Crippen LogP contribution >= 0.6 is 11.3 Å². The Kier molecular flexibility index (Phi) is 5.00. The Balaban J connectivity index is 2.12. The molecule has 0 saturated heterocycles. The van der Waals surface area contributed by atoms with Gasteiger partial charge in [-0.3, -0.25) is 4.79 Å². The quantitative estimate of drug-likeness (QED) is 0.657. The zero-order chi connectivity index (χ0) is 17.8. The van der Waals surface area contributed by atoms with Gasteiger partial charge >= 0.3 is 0 Å². The average molecular weight is 354 g/mol. The number of thiazole rings is 1. The van der Waals surface area contributed by atoms with Crippen molar-refractivity contribution in [2.24, 2.45) is 4.99 Å². The number of fused-ring (bicyclic) bond motifs is 1. The number of allylic oxidation sites excluding steroid dienone is 1. The van der Waals surface area contributed by atoms with Gasteiger partial charge in [-0.05, 0) is 24.3 Å². The van der Waals surface area contributed by atoms with Gasteiger partial charge in [0.2, 0.25) is 0 Å². The first kappa shape index (κ1) is 17.0. The first-order chi connectivity index (χ1) is 12.2. The minimum Gasteiger partial charge on any atom is -0.497 e. The molecule has 1 amide bonds. The number of carbonyl (C=O) groups is 1. The van der Waals surface area contributed by atoms with Crippen LogP contribution in [0.2, 0.25) is 0 Å². The molecule has 1 heterocycles. The van der Waals surface area contributed by atoms with Crippen LogP contribution in [0.1, 0.15) is 10.4 Å². The molecule has 6 heteroatoms. The van der Waals surface area contributed by atoms with Crippen LogP contribution in [0.5, 0.6) is 11.5 Å². The van der Waals surface area contributed by atoms with Crippen LogP contribution in [0.3, 0.4) is 0 Å². The highest BCUT2D eigenvalue weighted by Gasteiger charge is 2.14. The van der Waals surface area contributed by atoms with Crippen molar-refractivity contribution in [3.63, 3.8) is 0 Å². The summed E-state index contributed by atoms with van der Waals surface area (Å²) in [4.78, 5) is 17.7. The topological polar surface area (TPSA) is 52.8 Å². The van der Waals surface area contributed by atoms with Crippen molar-refractivity contribution in [2.75, 3.05) is 14.2 Å². The first-order valence-electron chi connectivity index (χ1n) is 7.68. The lowest BCUT2D eigenvalue weighted by atomic mass is 10.2. The number of para-hydroxylation sites is 1. The largest absolute Gasteiger partial charge is 0.497 e. The third-order valence-electron chi connectivity index (χ3n) is 3.74. The number of hydrogen-bond acceptors (Lipinski definition) is 4. The molecule has 0 aliphatic heterocycles. The van der Waals surface area contributed by atoms with E-state index in [9.17, 15) is 4.79 Å². The molecule has 0 aliphatic rings. The molecule has 25 heavy (non-hydrogen) atoms. The average Bonchev–Trinajstić information content (AvgIpc) is 2.98. The Morgan fingerprint density at radius 1 is 1.24 bits per heavy atom. The number of rotatable bonds is 5. The first-order valence-corrected chi connectivity index (χ1v) is 8.50. The smallest absolute Gasteiger partial charge is 0.283 e. The molecule has 1 aromatic heterocycles. The third-order valence-corrected chi connectivity index (χ3v) is 4.80. The number of nitrogens with zero attached hydrogens (tertiary/aromatic N) is 2. The van der Waals surface area contributed by atoms with Crippen LogP contribution in [-0.2, 0) is 6.54 Å². The van der Waals surface area contributed by atoms with Crippen molar-refractivity contribution >= 4 is 27.5 Å². The van der Waals surface area contributed by atoms with Crippen LogP contribution in [0.15, 0.2) is 60.1 Å². The summed E-state index contributed by atoms with van der Waals surface area (Å²) in [6.45, 7) is 4.37. The van der Waals surface area contributed by atoms with Crippen molar-refractivity contribution in [3.8, 4) is 11.5 Å². The minimum absolute atomic E-state index is 0.358. The molecule has 5 nitrogen and oxygen atoms in total. The molecular weight excluding hydrogens is 336 g/mol. The molecule has 0 unspecified atom stereocenters. The third kappa shape index (κ3) is 3.34. The summed E-state index contributed by atoms with van der Waals surface area (Å²) >= 11 is 1.47. The molecule has 0 saturated carbocycles. The second kappa shape index (κ2) is 7.36. The maximum atomic E-state index is 12.7. The van der Waals surface area contributed by atoms with Crippen molar-refractivity contribution in [1.82, 2.24) is 4.57 Å². The Morgan fingerprint density at radius 3 is 2.76 bits per heavy atom. The summed E-state index contributed by atoms with van der Waals surface area (Å²) in [6, 6.07) is 13.0. The van der Waals surface area contributed by atoms with Gasteiger partial charge in [0.05, 0.1) is 30.0 Å². The van der Waals surface area contributed by atoms with Crippen molar-refractivity contribution in [2.45, 2.75) is 6.54 Å². The molecule has 0 fully saturated rings. The Hall–Kier alpha value is -2.86. The molecule has 0 atom stereocenters. The van der Waals surface area contributed by atoms with Crippen molar-refractivity contribution in [3.05, 3.63) is 65.5 Å². The van der Waals surface area contributed by atoms with Crippen molar-refractivity contribution in [1.29, 1.82) is 0 Å². The van der Waals surface area contributed by atoms with Gasteiger partial charge in [-0.1, -0.05) is 29.5 Å². The van der Waals surface area contributed by atoms with Gasteiger partial charge in [0.15, 0.2) is 4.80 Å². The molecular formula is C19H18N2O3S. The number of amides is 1. The maximum Gasteiger partial charge on any atom is 0.283 e. The van der Waals surface area contributed by atoms with Crippen LogP contribution in [-0.4, -0.2) is 24.7 Å². The normalized spacial score (nSPS) is 11.5. The fraction of sp³-hybridized carbons (Fsp3) is 0.158. The standard InChI is InChI=1S/C19H18N2O3S/c1-4-11-21-15-7-5-6-8-17(15)25-19(21)20-18(22)14-10-9-13(23-2)12-16(14)24-3/h4-10,12H,1,11H2,2-3H3. The summed E-state index contributed by atoms with van der Waals surface area (Å²) in [5.41, 5.74) is 1.42. The van der Waals surface area contributed by atoms with Gasteiger partial charge in [0, 0.05) is 12.6 Å². The molecule has 2 aromatic carbocycles. The zero-order valence-corrected chi connectivity index (χ0v) is 14.9. The Morgan fingerprint density at radius 2 is 2.04 bits per heavy atom. The lowest BCUT2D eigenvalue weighted by Crippen LogP contribution is -2.16. The van der Waals surface area contributed by atoms with Gasteiger partial charge in [-0.25, -0.2) is 0 Å². The van der Waals surface area contributed by atoms with E-state index in [0.29, 0.717) is 28.4 Å². The summed E-state index contributed by atoms with van der Waals surface area (Å²) < 4.78 is 13.5. The van der Waals surface area contributed by atoms with E-state index >= 15 is 0 Å². The highest BCUT2D eigenvalue weighted by atomic mass is 32.1. The maximum absolute atomic E-state index is 12.7. The second-order valence-corrected chi connectivity index (χ2v) is 6.24. The number of ether oxygens (including phenoxy) is 2. The number of benzene rings is 2. The molecule has 3 aromatic rings. The predicted molar refractivity (Wildman–Crippen MR) is 99.5 cm³/mol. The van der Waals surface area contributed by atoms with E-state index < -0.39 is 0 Å². The van der Waals surface area contributed by atoms with E-state index in [0.717, 1.165) is 10.2 Å². The van der Waals surface area contributed by atoms with Gasteiger partial charge in [-0.15, -0.1) is 6.58 Å². The number of aromatic nitrogens is 1. The lowest BCUT2D eigenvalue weighted by molar-refractivity contribution is 0.0995. The van der Waals surface area contributed by atoms with E-state index in [1.165, 1.54) is 18.4 Å². The SMILES string of the molecule is C=CCn1c(=NC(=O)c2ccc(OC)cc2OC)sc2ccccc21. The highest BCUT2D eigenvalue weighted by Crippen LogP contribution is 2.25. The monoisotopic (exact) mass is 354 g/mol. The van der Waals surface area contributed by atoms with E-state index in [2.05, 4.69) is 11.6 Å². The van der Waals surface area contributed by atoms with Gasteiger partial charge < -0.3 is 14.0 Å². The van der Waals surface area contributed by atoms with E-state index in [4.69, 9.17) is 9.47 Å². The van der Waals surface area contributed by atoms with E-state index in [1.54, 1.807) is 31.4 Å². The van der Waals surface area contributed by atoms with E-state index in [1.807, 2.05) is 28.8 Å². The van der Waals surface area contributed by atoms with Crippen molar-refractivity contribution < 1.29 is 14.3 Å². The van der Waals surface area contributed by atoms with Crippen LogP contribution in [0, 0.1) is 0 Å². The number of methoxy groups -OCH3 is 2. The summed E-state index contributed by atoms with van der Waals surface area (Å²) in [6.07, 6.45) is 1.79. The summed E-state index contributed by atoms with van der Waals surface area (Å²) in [5, 5.41) is 0. The van der Waals surface area contributed by atoms with Gasteiger partial charge in [0.1, 0.15) is 11.5 Å². The molecule has 0 aliphatic carbocycles. The fourth-order valence-corrected chi connectivity index (χ4v) is 3.57. The number of carbonyl (C=O) groups excluding carboxylic acids is 1. The number of hydrogen-bond donors (Lipinski definition) is 0. The van der Waals surface area contributed by atoms with Crippen LogP contribution < -0.4 is 14.3 Å². The molecule has 3 rings (SSSR count). The molecule has 128 valence electrons. The van der Waals surface area contributed by atoms with Gasteiger partial charge in [-0.2, -0.15) is 4.99 Å². The van der Waals surface area contributed by atoms with Crippen LogP contribution in [0.25, 0.3) is 10.2 Å². The Labute approximate surface area is 149 Å². The highest BCUT2D eigenvalue weighted by molar-refractivity contribution is 7.16. The summed E-state index contributed by atoms with van der Waals surface area (Å²) in [7, 11) is 3.08. The molecule has 0 N–H and O–H groups in total. The van der Waals surface area contributed by atoms with Crippen LogP contribution in [0.4, 0.5) is 0 Å². The predicted octanol–water partition coefficient (Wildman–Crippen LogP) is 3.65. The molecule has 0 radical (unpaired) electrons. The Bertz CT molecular complexity index is 1000. The molecule has 0 spiro atoms. The zero-order valence-electron chi connectivity index (χ0n) is 14.1.